The van der Waals surface area contributed by atoms with Crippen molar-refractivity contribution in [3.8, 4) is 0 Å². The lowest BCUT2D eigenvalue weighted by molar-refractivity contribution is 0.0217. The van der Waals surface area contributed by atoms with Gasteiger partial charge < -0.3 is 4.74 Å². The Hall–Kier alpha value is -0.340. The highest BCUT2D eigenvalue weighted by molar-refractivity contribution is 9.09. The van der Waals surface area contributed by atoms with Gasteiger partial charge in [0.1, 0.15) is 0 Å². The van der Waals surface area contributed by atoms with E-state index in [-0.39, 0.29) is 6.10 Å². The van der Waals surface area contributed by atoms with Gasteiger partial charge in [0.25, 0.3) is 0 Å². The van der Waals surface area contributed by atoms with E-state index >= 15 is 0 Å². The van der Waals surface area contributed by atoms with Gasteiger partial charge in [-0.1, -0.05) is 45.8 Å². The highest BCUT2D eigenvalue weighted by Gasteiger charge is 2.24. The second-order valence-electron chi connectivity index (χ2n) is 3.86. The highest BCUT2D eigenvalue weighted by Crippen LogP contribution is 2.33. The fraction of sp³-hybridized carbons (Fsp3) is 0.500. The molecule has 0 aliphatic carbocycles. The predicted molar refractivity (Wildman–Crippen MR) is 61.8 cm³/mol. The Morgan fingerprint density at radius 1 is 1.29 bits per heavy atom. The molecule has 14 heavy (non-hydrogen) atoms. The molecule has 0 bridgehead atoms. The molecule has 0 amide bonds. The molecule has 76 valence electrons. The number of hydrogen-bond donors (Lipinski definition) is 0. The molecule has 0 saturated carbocycles. The van der Waals surface area contributed by atoms with Crippen LogP contribution in [0.4, 0.5) is 0 Å². The smallest absolute Gasteiger partial charge is 0.0949 e. The third-order valence-corrected chi connectivity index (χ3v) is 3.59. The minimum Gasteiger partial charge on any atom is -0.372 e. The van der Waals surface area contributed by atoms with Gasteiger partial charge in [0, 0.05) is 11.4 Å². The number of benzene rings is 1. The standard InChI is InChI=1S/C12H15BrO/c1-9-4-6-10(7-5-9)12-11(13)3-2-8-14-12/h4-7,11-12H,2-3,8H2,1H3/t11-,12+/m0/s1. The second kappa shape index (κ2) is 4.45. The molecule has 2 rings (SSSR count). The summed E-state index contributed by atoms with van der Waals surface area (Å²) in [6.07, 6.45) is 2.61. The van der Waals surface area contributed by atoms with E-state index in [9.17, 15) is 0 Å². The van der Waals surface area contributed by atoms with Crippen molar-refractivity contribution in [1.82, 2.24) is 0 Å². The van der Waals surface area contributed by atoms with Crippen LogP contribution < -0.4 is 0 Å². The average molecular weight is 255 g/mol. The zero-order valence-corrected chi connectivity index (χ0v) is 9.96. The average Bonchev–Trinajstić information content (AvgIpc) is 2.20. The summed E-state index contributed by atoms with van der Waals surface area (Å²) in [5.41, 5.74) is 2.59. The number of rotatable bonds is 1. The molecule has 1 aliphatic rings. The Morgan fingerprint density at radius 2 is 2.00 bits per heavy atom. The predicted octanol–water partition coefficient (Wildman–Crippen LogP) is 3.61. The number of halogens is 1. The molecule has 1 heterocycles. The first-order valence-electron chi connectivity index (χ1n) is 5.09. The van der Waals surface area contributed by atoms with Crippen LogP contribution in [0.3, 0.4) is 0 Å². The van der Waals surface area contributed by atoms with Crippen LogP contribution in [0.1, 0.15) is 30.1 Å². The molecule has 0 N–H and O–H groups in total. The summed E-state index contributed by atoms with van der Waals surface area (Å²) in [7, 11) is 0. The van der Waals surface area contributed by atoms with Gasteiger partial charge in [0.05, 0.1) is 6.10 Å². The lowest BCUT2D eigenvalue weighted by Gasteiger charge is -2.28. The second-order valence-corrected chi connectivity index (χ2v) is 5.04. The zero-order chi connectivity index (χ0) is 9.97. The normalized spacial score (nSPS) is 27.6. The van der Waals surface area contributed by atoms with Crippen molar-refractivity contribution in [3.63, 3.8) is 0 Å². The van der Waals surface area contributed by atoms with E-state index in [1.54, 1.807) is 0 Å². The first kappa shape index (κ1) is 10.2. The summed E-state index contributed by atoms with van der Waals surface area (Å²) >= 11 is 3.68. The van der Waals surface area contributed by atoms with Crippen LogP contribution in [0, 0.1) is 6.92 Å². The molecular weight excluding hydrogens is 240 g/mol. The van der Waals surface area contributed by atoms with E-state index in [2.05, 4.69) is 47.1 Å². The van der Waals surface area contributed by atoms with Gasteiger partial charge in [-0.05, 0) is 25.3 Å². The van der Waals surface area contributed by atoms with Crippen LogP contribution in [0.5, 0.6) is 0 Å². The van der Waals surface area contributed by atoms with Crippen molar-refractivity contribution in [3.05, 3.63) is 35.4 Å². The Bertz CT molecular complexity index is 294. The Labute approximate surface area is 93.6 Å². The molecule has 2 atom stereocenters. The van der Waals surface area contributed by atoms with Crippen molar-refractivity contribution in [2.24, 2.45) is 0 Å². The van der Waals surface area contributed by atoms with Crippen LogP contribution in [0.2, 0.25) is 0 Å². The van der Waals surface area contributed by atoms with E-state index in [0.29, 0.717) is 4.83 Å². The third kappa shape index (κ3) is 2.18. The molecule has 1 aromatic carbocycles. The van der Waals surface area contributed by atoms with Gasteiger partial charge >= 0.3 is 0 Å². The fourth-order valence-corrected chi connectivity index (χ4v) is 2.59. The van der Waals surface area contributed by atoms with Crippen LogP contribution in [0.25, 0.3) is 0 Å². The summed E-state index contributed by atoms with van der Waals surface area (Å²) in [6.45, 7) is 3.00. The van der Waals surface area contributed by atoms with Gasteiger partial charge in [0.2, 0.25) is 0 Å². The van der Waals surface area contributed by atoms with E-state index in [4.69, 9.17) is 4.74 Å². The number of aryl methyl sites for hydroxylation is 1. The molecule has 0 radical (unpaired) electrons. The monoisotopic (exact) mass is 254 g/mol. The maximum absolute atomic E-state index is 5.77. The number of ether oxygens (including phenoxy) is 1. The molecular formula is C12H15BrO. The lowest BCUT2D eigenvalue weighted by atomic mass is 10.0. The zero-order valence-electron chi connectivity index (χ0n) is 8.37. The summed E-state index contributed by atoms with van der Waals surface area (Å²) in [5.74, 6) is 0. The van der Waals surface area contributed by atoms with Crippen LogP contribution in [0.15, 0.2) is 24.3 Å². The molecule has 0 unspecified atom stereocenters. The van der Waals surface area contributed by atoms with Crippen molar-refractivity contribution in [2.45, 2.75) is 30.7 Å². The minimum atomic E-state index is 0.240. The van der Waals surface area contributed by atoms with Crippen LogP contribution >= 0.6 is 15.9 Å². The third-order valence-electron chi connectivity index (χ3n) is 2.66. The summed E-state index contributed by atoms with van der Waals surface area (Å²) in [4.78, 5) is 0.471. The van der Waals surface area contributed by atoms with Gasteiger partial charge in [-0.3, -0.25) is 0 Å². The van der Waals surface area contributed by atoms with E-state index in [0.717, 1.165) is 13.0 Å². The summed E-state index contributed by atoms with van der Waals surface area (Å²) in [6, 6.07) is 8.62. The number of hydrogen-bond acceptors (Lipinski definition) is 1. The molecule has 1 saturated heterocycles. The van der Waals surface area contributed by atoms with Crippen molar-refractivity contribution in [2.75, 3.05) is 6.61 Å². The van der Waals surface area contributed by atoms with Gasteiger partial charge in [-0.15, -0.1) is 0 Å². The van der Waals surface area contributed by atoms with E-state index in [1.165, 1.54) is 17.5 Å². The van der Waals surface area contributed by atoms with Gasteiger partial charge in [-0.2, -0.15) is 0 Å². The van der Waals surface area contributed by atoms with Gasteiger partial charge in [-0.25, -0.2) is 0 Å². The van der Waals surface area contributed by atoms with E-state index < -0.39 is 0 Å². The van der Waals surface area contributed by atoms with Crippen LogP contribution in [-0.4, -0.2) is 11.4 Å². The topological polar surface area (TPSA) is 9.23 Å². The molecule has 0 spiro atoms. The molecule has 1 nitrogen and oxygen atoms in total. The molecule has 2 heteroatoms. The largest absolute Gasteiger partial charge is 0.372 e. The Morgan fingerprint density at radius 3 is 2.64 bits per heavy atom. The van der Waals surface area contributed by atoms with Crippen molar-refractivity contribution < 1.29 is 4.74 Å². The minimum absolute atomic E-state index is 0.240. The van der Waals surface area contributed by atoms with E-state index in [1.807, 2.05) is 0 Å². The number of alkyl halides is 1. The first-order valence-corrected chi connectivity index (χ1v) is 6.01. The highest BCUT2D eigenvalue weighted by atomic mass is 79.9. The fourth-order valence-electron chi connectivity index (χ4n) is 1.81. The van der Waals surface area contributed by atoms with Gasteiger partial charge in [0.15, 0.2) is 0 Å². The van der Waals surface area contributed by atoms with Crippen LogP contribution in [-0.2, 0) is 4.74 Å². The van der Waals surface area contributed by atoms with Crippen molar-refractivity contribution >= 4 is 15.9 Å². The first-order chi connectivity index (χ1) is 6.77. The molecule has 0 aromatic heterocycles. The molecule has 1 fully saturated rings. The SMILES string of the molecule is Cc1ccc([C@H]2OCCC[C@@H]2Br)cc1. The maximum Gasteiger partial charge on any atom is 0.0949 e. The van der Waals surface area contributed by atoms with Crippen molar-refractivity contribution in [1.29, 1.82) is 0 Å². The maximum atomic E-state index is 5.77. The quantitative estimate of drug-likeness (QED) is 0.696. The summed E-state index contributed by atoms with van der Waals surface area (Å²) < 4.78 is 5.77. The lowest BCUT2D eigenvalue weighted by Crippen LogP contribution is -2.22. The Kier molecular flexibility index (Phi) is 3.24. The molecule has 1 aromatic rings. The summed E-state index contributed by atoms with van der Waals surface area (Å²) in [5, 5.41) is 0. The molecule has 1 aliphatic heterocycles. The Balaban J connectivity index is 2.16.